The molecule has 4 atom stereocenters. The topological polar surface area (TPSA) is 93.7 Å². The van der Waals surface area contributed by atoms with Gasteiger partial charge in [-0.1, -0.05) is 36.8 Å². The molecule has 1 heterocycles. The Morgan fingerprint density at radius 2 is 1.90 bits per heavy atom. The summed E-state index contributed by atoms with van der Waals surface area (Å²) in [6.45, 7) is 1.76. The zero-order valence-corrected chi connectivity index (χ0v) is 17.2. The van der Waals surface area contributed by atoms with E-state index in [0.717, 1.165) is 17.9 Å². The van der Waals surface area contributed by atoms with Gasteiger partial charge in [0, 0.05) is 6.42 Å². The summed E-state index contributed by atoms with van der Waals surface area (Å²) in [7, 11) is 0. The van der Waals surface area contributed by atoms with Crippen molar-refractivity contribution < 1.29 is 23.9 Å². The number of carbonyl (C=O) groups is 3. The molecule has 30 heavy (non-hydrogen) atoms. The van der Waals surface area contributed by atoms with Crippen LogP contribution in [0.4, 0.5) is 4.79 Å². The Hall–Kier alpha value is -2.83. The number of nitrogens with one attached hydrogen (secondary N) is 2. The van der Waals surface area contributed by atoms with Gasteiger partial charge in [0.15, 0.2) is 0 Å². The van der Waals surface area contributed by atoms with Gasteiger partial charge in [-0.25, -0.2) is 9.59 Å². The molecule has 0 radical (unpaired) electrons. The number of benzene rings is 1. The summed E-state index contributed by atoms with van der Waals surface area (Å²) in [5.41, 5.74) is 1.28. The average Bonchev–Trinajstić information content (AvgIpc) is 3.36. The summed E-state index contributed by atoms with van der Waals surface area (Å²) < 4.78 is 10.7. The van der Waals surface area contributed by atoms with Crippen molar-refractivity contribution >= 4 is 18.0 Å². The molecule has 2 fully saturated rings. The molecule has 2 N–H and O–H groups in total. The fraction of sp³-hybridized carbons (Fsp3) is 0.522. The van der Waals surface area contributed by atoms with Crippen LogP contribution < -0.4 is 10.6 Å². The van der Waals surface area contributed by atoms with Gasteiger partial charge < -0.3 is 20.1 Å². The molecule has 2 saturated carbocycles. The van der Waals surface area contributed by atoms with Crippen LogP contribution in [0, 0.1) is 17.8 Å². The minimum absolute atomic E-state index is 0.162. The molecular weight excluding hydrogens is 384 g/mol. The molecule has 0 spiro atoms. The first-order chi connectivity index (χ1) is 14.5. The number of carbonyl (C=O) groups excluding carboxylic acids is 3. The Bertz CT molecular complexity index is 850. The van der Waals surface area contributed by atoms with Crippen LogP contribution in [0.5, 0.6) is 0 Å². The minimum atomic E-state index is -0.668. The molecule has 2 amide bonds. The Balaban J connectivity index is 1.50. The van der Waals surface area contributed by atoms with E-state index in [2.05, 4.69) is 10.6 Å². The van der Waals surface area contributed by atoms with Gasteiger partial charge in [0.05, 0.1) is 23.9 Å². The number of rotatable bonds is 7. The van der Waals surface area contributed by atoms with E-state index in [9.17, 15) is 14.4 Å². The first-order valence-electron chi connectivity index (χ1n) is 10.7. The molecule has 0 aromatic heterocycles. The van der Waals surface area contributed by atoms with Crippen molar-refractivity contribution in [2.75, 3.05) is 13.2 Å². The van der Waals surface area contributed by atoms with Crippen molar-refractivity contribution in [1.29, 1.82) is 0 Å². The smallest absolute Gasteiger partial charge is 0.338 e. The molecule has 0 unspecified atom stereocenters. The van der Waals surface area contributed by atoms with E-state index in [4.69, 9.17) is 9.47 Å². The van der Waals surface area contributed by atoms with E-state index >= 15 is 0 Å². The molecule has 1 aromatic carbocycles. The minimum Gasteiger partial charge on any atom is -0.463 e. The molecular formula is C23H28N2O5. The van der Waals surface area contributed by atoms with Crippen molar-refractivity contribution in [1.82, 2.24) is 10.6 Å². The Morgan fingerprint density at radius 1 is 1.10 bits per heavy atom. The second-order valence-corrected chi connectivity index (χ2v) is 8.35. The van der Waals surface area contributed by atoms with Crippen LogP contribution in [0.3, 0.4) is 0 Å². The fourth-order valence-corrected chi connectivity index (χ4v) is 5.13. The maximum absolute atomic E-state index is 12.7. The van der Waals surface area contributed by atoms with Crippen LogP contribution in [0.15, 0.2) is 41.6 Å². The van der Waals surface area contributed by atoms with E-state index in [1.165, 1.54) is 19.3 Å². The number of urea groups is 1. The molecule has 0 saturated heterocycles. The third kappa shape index (κ3) is 4.35. The Labute approximate surface area is 176 Å². The summed E-state index contributed by atoms with van der Waals surface area (Å²) in [5.74, 6) is 0.971. The first kappa shape index (κ1) is 20.4. The summed E-state index contributed by atoms with van der Waals surface area (Å²) >= 11 is 0. The Kier molecular flexibility index (Phi) is 6.06. The van der Waals surface area contributed by atoms with Gasteiger partial charge in [0.25, 0.3) is 0 Å². The summed E-state index contributed by atoms with van der Waals surface area (Å²) in [5, 5.41) is 5.40. The van der Waals surface area contributed by atoms with E-state index in [1.807, 2.05) is 30.3 Å². The van der Waals surface area contributed by atoms with Gasteiger partial charge in [-0.15, -0.1) is 0 Å². The highest BCUT2D eigenvalue weighted by Gasteiger charge is 2.40. The molecule has 1 aliphatic heterocycles. The molecule has 1 aromatic rings. The van der Waals surface area contributed by atoms with Crippen LogP contribution in [0.1, 0.15) is 50.6 Å². The predicted octanol–water partition coefficient (Wildman–Crippen LogP) is 3.23. The highest BCUT2D eigenvalue weighted by Crippen LogP contribution is 2.49. The molecule has 2 aliphatic carbocycles. The van der Waals surface area contributed by atoms with Gasteiger partial charge in [0.1, 0.15) is 6.61 Å². The number of esters is 2. The van der Waals surface area contributed by atoms with Crippen LogP contribution in [0.25, 0.3) is 0 Å². The second-order valence-electron chi connectivity index (χ2n) is 8.35. The lowest BCUT2D eigenvalue weighted by molar-refractivity contribution is -0.145. The maximum Gasteiger partial charge on any atom is 0.338 e. The van der Waals surface area contributed by atoms with Crippen LogP contribution in [-0.2, 0) is 19.1 Å². The molecule has 3 aliphatic rings. The van der Waals surface area contributed by atoms with Crippen molar-refractivity contribution in [2.24, 2.45) is 17.8 Å². The van der Waals surface area contributed by atoms with Crippen LogP contribution in [0.2, 0.25) is 0 Å². The summed E-state index contributed by atoms with van der Waals surface area (Å²) in [6, 6.07) is 8.07. The first-order valence-corrected chi connectivity index (χ1v) is 10.7. The standard InChI is InChI=1S/C23H28N2O5/c1-2-29-22(27)20-18(24-23(28)25-21(20)15-6-4-3-5-7-15)13-30-19(26)12-17-11-14-8-9-16(17)10-14/h3-7,14,16-17,21H,2,8-13H2,1H3,(H2,24,25,28)/t14-,16-,17+,21+/m0/s1. The monoisotopic (exact) mass is 412 g/mol. The third-order valence-corrected chi connectivity index (χ3v) is 6.47. The Morgan fingerprint density at radius 3 is 2.57 bits per heavy atom. The largest absolute Gasteiger partial charge is 0.463 e. The summed E-state index contributed by atoms with van der Waals surface area (Å²) in [6.07, 6.45) is 5.23. The van der Waals surface area contributed by atoms with Gasteiger partial charge >= 0.3 is 18.0 Å². The van der Waals surface area contributed by atoms with Crippen LogP contribution >= 0.6 is 0 Å². The number of ether oxygens (including phenoxy) is 2. The second kappa shape index (κ2) is 8.90. The summed E-state index contributed by atoms with van der Waals surface area (Å²) in [4.78, 5) is 37.4. The zero-order valence-electron chi connectivity index (χ0n) is 17.2. The molecule has 160 valence electrons. The highest BCUT2D eigenvalue weighted by atomic mass is 16.5. The van der Waals surface area contributed by atoms with Crippen molar-refractivity contribution in [3.8, 4) is 0 Å². The molecule has 4 rings (SSSR count). The maximum atomic E-state index is 12.7. The third-order valence-electron chi connectivity index (χ3n) is 6.47. The lowest BCUT2D eigenvalue weighted by Gasteiger charge is -2.29. The number of amides is 2. The quantitative estimate of drug-likeness (QED) is 0.671. The van der Waals surface area contributed by atoms with E-state index in [-0.39, 0.29) is 30.5 Å². The SMILES string of the molecule is CCOC(=O)C1=C(COC(=O)C[C@H]2C[C@H]3CC[C@H]2C3)NC(=O)N[C@@H]1c1ccccc1. The van der Waals surface area contributed by atoms with E-state index in [1.54, 1.807) is 6.92 Å². The van der Waals surface area contributed by atoms with Crippen molar-refractivity contribution in [2.45, 2.75) is 45.1 Å². The lowest BCUT2D eigenvalue weighted by Crippen LogP contribution is -2.47. The predicted molar refractivity (Wildman–Crippen MR) is 109 cm³/mol. The van der Waals surface area contributed by atoms with Gasteiger partial charge in [-0.3, -0.25) is 4.79 Å². The van der Waals surface area contributed by atoms with Crippen molar-refractivity contribution in [3.63, 3.8) is 0 Å². The number of hydrogen-bond donors (Lipinski definition) is 2. The van der Waals surface area contributed by atoms with Gasteiger partial charge in [-0.2, -0.15) is 0 Å². The molecule has 7 heteroatoms. The van der Waals surface area contributed by atoms with Gasteiger partial charge in [0.2, 0.25) is 0 Å². The van der Waals surface area contributed by atoms with E-state index < -0.39 is 18.0 Å². The van der Waals surface area contributed by atoms with Crippen molar-refractivity contribution in [3.05, 3.63) is 47.2 Å². The van der Waals surface area contributed by atoms with Crippen LogP contribution in [-0.4, -0.2) is 31.2 Å². The zero-order chi connectivity index (χ0) is 21.1. The normalized spacial score (nSPS) is 27.4. The van der Waals surface area contributed by atoms with E-state index in [0.29, 0.717) is 18.3 Å². The fourth-order valence-electron chi connectivity index (χ4n) is 5.13. The van der Waals surface area contributed by atoms with Gasteiger partial charge in [-0.05, 0) is 49.5 Å². The molecule has 2 bridgehead atoms. The average molecular weight is 412 g/mol. The number of fused-ring (bicyclic) bond motifs is 2. The lowest BCUT2D eigenvalue weighted by atomic mass is 9.86. The molecule has 7 nitrogen and oxygen atoms in total. The highest BCUT2D eigenvalue weighted by molar-refractivity contribution is 5.95. The number of hydrogen-bond acceptors (Lipinski definition) is 5.